The van der Waals surface area contributed by atoms with E-state index in [1.54, 1.807) is 23.3 Å². The highest BCUT2D eigenvalue weighted by atomic mass is 32.1. The van der Waals surface area contributed by atoms with Gasteiger partial charge in [-0.15, -0.1) is 11.3 Å². The molecule has 3 rings (SSSR count). The third-order valence-electron chi connectivity index (χ3n) is 3.08. The smallest absolute Gasteiger partial charge is 0.255 e. The molecule has 0 atom stereocenters. The average molecular weight is 286 g/mol. The van der Waals surface area contributed by atoms with E-state index in [-0.39, 0.29) is 5.91 Å². The fourth-order valence-electron chi connectivity index (χ4n) is 2.09. The van der Waals surface area contributed by atoms with Gasteiger partial charge in [0, 0.05) is 22.5 Å². The number of hydrogen-bond donors (Lipinski definition) is 1. The molecule has 102 valence electrons. The summed E-state index contributed by atoms with van der Waals surface area (Å²) < 4.78 is 1.12. The van der Waals surface area contributed by atoms with E-state index < -0.39 is 0 Å². The molecule has 20 heavy (non-hydrogen) atoms. The maximum atomic E-state index is 12.5. The molecule has 0 radical (unpaired) electrons. The first kappa shape index (κ1) is 12.8. The number of aryl methyl sites for hydroxylation is 1. The van der Waals surface area contributed by atoms with Crippen LogP contribution in [0, 0.1) is 6.92 Å². The molecular formula is C14H14N4OS. The van der Waals surface area contributed by atoms with Gasteiger partial charge in [-0.3, -0.25) is 9.89 Å². The van der Waals surface area contributed by atoms with Crippen molar-refractivity contribution >= 4 is 27.3 Å². The highest BCUT2D eigenvalue weighted by molar-refractivity contribution is 7.17. The number of H-pyrrole nitrogens is 1. The van der Waals surface area contributed by atoms with Crippen molar-refractivity contribution in [3.05, 3.63) is 46.9 Å². The van der Waals surface area contributed by atoms with Gasteiger partial charge in [0.15, 0.2) is 5.82 Å². The molecule has 6 heteroatoms. The van der Waals surface area contributed by atoms with Crippen LogP contribution in [0.1, 0.15) is 22.0 Å². The minimum absolute atomic E-state index is 0.00935. The normalized spacial score (nSPS) is 10.9. The third-order valence-corrected chi connectivity index (χ3v) is 4.04. The summed E-state index contributed by atoms with van der Waals surface area (Å²) in [7, 11) is 1.76. The summed E-state index contributed by atoms with van der Waals surface area (Å²) in [5, 5.41) is 9.74. The summed E-state index contributed by atoms with van der Waals surface area (Å²) >= 11 is 1.59. The third kappa shape index (κ3) is 2.30. The number of nitrogens with zero attached hydrogens (tertiary/aromatic N) is 3. The number of amides is 1. The Bertz CT molecular complexity index is 761. The van der Waals surface area contributed by atoms with E-state index in [9.17, 15) is 4.79 Å². The van der Waals surface area contributed by atoms with E-state index in [1.165, 1.54) is 0 Å². The van der Waals surface area contributed by atoms with Crippen molar-refractivity contribution in [3.8, 4) is 0 Å². The van der Waals surface area contributed by atoms with Crippen LogP contribution in [0.3, 0.4) is 0 Å². The molecule has 2 heterocycles. The number of fused-ring (bicyclic) bond motifs is 1. The standard InChI is InChI=1S/C14H14N4OS/c1-9-15-13(17-16-9)7-18(2)14(19)11-8-20-12-6-4-3-5-10(11)12/h3-6,8H,7H2,1-2H3,(H,15,16,17). The number of carbonyl (C=O) groups excluding carboxylic acids is 1. The molecule has 0 bridgehead atoms. The van der Waals surface area contributed by atoms with Crippen LogP contribution in [0.25, 0.3) is 10.1 Å². The summed E-state index contributed by atoms with van der Waals surface area (Å²) in [4.78, 5) is 18.4. The second-order valence-corrected chi connectivity index (χ2v) is 5.56. The van der Waals surface area contributed by atoms with Crippen LogP contribution in [0.4, 0.5) is 0 Å². The first-order valence-corrected chi connectivity index (χ1v) is 7.12. The predicted octanol–water partition coefficient (Wildman–Crippen LogP) is 2.60. The van der Waals surface area contributed by atoms with Crippen LogP contribution in [-0.4, -0.2) is 33.0 Å². The molecule has 0 aliphatic carbocycles. The summed E-state index contributed by atoms with van der Waals surface area (Å²) in [6.07, 6.45) is 0. The second-order valence-electron chi connectivity index (χ2n) is 4.64. The van der Waals surface area contributed by atoms with Crippen molar-refractivity contribution in [1.29, 1.82) is 0 Å². The zero-order valence-electron chi connectivity index (χ0n) is 11.3. The van der Waals surface area contributed by atoms with E-state index in [0.29, 0.717) is 12.4 Å². The molecule has 2 aromatic heterocycles. The van der Waals surface area contributed by atoms with Crippen molar-refractivity contribution in [2.75, 3.05) is 7.05 Å². The quantitative estimate of drug-likeness (QED) is 0.805. The maximum Gasteiger partial charge on any atom is 0.255 e. The fourth-order valence-corrected chi connectivity index (χ4v) is 3.03. The topological polar surface area (TPSA) is 61.9 Å². The Labute approximate surface area is 120 Å². The SMILES string of the molecule is Cc1nc(CN(C)C(=O)c2csc3ccccc23)n[nH]1. The van der Waals surface area contributed by atoms with Gasteiger partial charge in [0.05, 0.1) is 12.1 Å². The molecule has 0 saturated heterocycles. The number of benzene rings is 1. The molecule has 1 N–H and O–H groups in total. The Kier molecular flexibility index (Phi) is 3.23. The second kappa shape index (κ2) is 5.05. The molecule has 0 aliphatic heterocycles. The lowest BCUT2D eigenvalue weighted by molar-refractivity contribution is 0.0784. The first-order chi connectivity index (χ1) is 9.65. The Morgan fingerprint density at radius 3 is 2.95 bits per heavy atom. The van der Waals surface area contributed by atoms with E-state index >= 15 is 0 Å². The van der Waals surface area contributed by atoms with Gasteiger partial charge in [0.2, 0.25) is 0 Å². The Morgan fingerprint density at radius 1 is 1.40 bits per heavy atom. The molecule has 5 nitrogen and oxygen atoms in total. The number of aromatic nitrogens is 3. The minimum Gasteiger partial charge on any atom is -0.334 e. The predicted molar refractivity (Wildman–Crippen MR) is 78.7 cm³/mol. The summed E-state index contributed by atoms with van der Waals surface area (Å²) in [5.74, 6) is 1.37. The number of aromatic amines is 1. The number of rotatable bonds is 3. The lowest BCUT2D eigenvalue weighted by atomic mass is 10.1. The van der Waals surface area contributed by atoms with Crippen molar-refractivity contribution < 1.29 is 4.79 Å². The van der Waals surface area contributed by atoms with Gasteiger partial charge >= 0.3 is 0 Å². The lowest BCUT2D eigenvalue weighted by Crippen LogP contribution is -2.26. The van der Waals surface area contributed by atoms with Crippen molar-refractivity contribution in [2.45, 2.75) is 13.5 Å². The van der Waals surface area contributed by atoms with Crippen LogP contribution in [0.2, 0.25) is 0 Å². The Hall–Kier alpha value is -2.21. The van der Waals surface area contributed by atoms with Gasteiger partial charge in [-0.1, -0.05) is 18.2 Å². The van der Waals surface area contributed by atoms with E-state index in [4.69, 9.17) is 0 Å². The zero-order valence-corrected chi connectivity index (χ0v) is 12.1. The molecule has 1 amide bonds. The van der Waals surface area contributed by atoms with E-state index in [0.717, 1.165) is 21.5 Å². The van der Waals surface area contributed by atoms with Crippen LogP contribution in [0.5, 0.6) is 0 Å². The summed E-state index contributed by atoms with van der Waals surface area (Å²) in [5.41, 5.74) is 0.736. The summed E-state index contributed by atoms with van der Waals surface area (Å²) in [6.45, 7) is 2.23. The highest BCUT2D eigenvalue weighted by Crippen LogP contribution is 2.26. The molecular weight excluding hydrogens is 272 g/mol. The van der Waals surface area contributed by atoms with Gasteiger partial charge in [0.1, 0.15) is 5.82 Å². The maximum absolute atomic E-state index is 12.5. The van der Waals surface area contributed by atoms with Gasteiger partial charge in [-0.05, 0) is 13.0 Å². The van der Waals surface area contributed by atoms with E-state index in [1.807, 2.05) is 36.6 Å². The van der Waals surface area contributed by atoms with Crippen molar-refractivity contribution in [3.63, 3.8) is 0 Å². The molecule has 0 aliphatic rings. The number of hydrogen-bond acceptors (Lipinski definition) is 4. The lowest BCUT2D eigenvalue weighted by Gasteiger charge is -2.14. The minimum atomic E-state index is -0.00935. The van der Waals surface area contributed by atoms with Gasteiger partial charge < -0.3 is 4.90 Å². The van der Waals surface area contributed by atoms with Gasteiger partial charge in [-0.25, -0.2) is 4.98 Å². The van der Waals surface area contributed by atoms with Crippen LogP contribution >= 0.6 is 11.3 Å². The van der Waals surface area contributed by atoms with Crippen LogP contribution in [-0.2, 0) is 6.54 Å². The molecule has 0 unspecified atom stereocenters. The van der Waals surface area contributed by atoms with Crippen molar-refractivity contribution in [2.24, 2.45) is 0 Å². The first-order valence-electron chi connectivity index (χ1n) is 6.25. The number of thiophene rings is 1. The van der Waals surface area contributed by atoms with Gasteiger partial charge in [-0.2, -0.15) is 5.10 Å². The van der Waals surface area contributed by atoms with Crippen LogP contribution in [0.15, 0.2) is 29.6 Å². The molecule has 1 aromatic carbocycles. The highest BCUT2D eigenvalue weighted by Gasteiger charge is 2.17. The number of nitrogens with one attached hydrogen (secondary N) is 1. The Morgan fingerprint density at radius 2 is 2.20 bits per heavy atom. The van der Waals surface area contributed by atoms with Crippen molar-refractivity contribution in [1.82, 2.24) is 20.1 Å². The molecule has 0 fully saturated rings. The van der Waals surface area contributed by atoms with Crippen LogP contribution < -0.4 is 0 Å². The largest absolute Gasteiger partial charge is 0.334 e. The van der Waals surface area contributed by atoms with E-state index in [2.05, 4.69) is 15.2 Å². The number of carbonyl (C=O) groups is 1. The van der Waals surface area contributed by atoms with Gasteiger partial charge in [0.25, 0.3) is 5.91 Å². The monoisotopic (exact) mass is 286 g/mol. The Balaban J connectivity index is 1.84. The molecule has 3 aromatic rings. The molecule has 0 spiro atoms. The zero-order chi connectivity index (χ0) is 14.1. The molecule has 0 saturated carbocycles. The fraction of sp³-hybridized carbons (Fsp3) is 0.214. The summed E-state index contributed by atoms with van der Waals surface area (Å²) in [6, 6.07) is 7.93. The average Bonchev–Trinajstić information content (AvgIpc) is 3.04.